The van der Waals surface area contributed by atoms with Crippen LogP contribution in [0.25, 0.3) is 0 Å². The van der Waals surface area contributed by atoms with Crippen molar-refractivity contribution in [1.29, 1.82) is 0 Å². The van der Waals surface area contributed by atoms with Crippen molar-refractivity contribution >= 4 is 0 Å². The molecule has 0 aliphatic heterocycles. The molecule has 0 unspecified atom stereocenters. The van der Waals surface area contributed by atoms with Crippen LogP contribution in [0.1, 0.15) is 253 Å². The molecule has 0 nitrogen and oxygen atoms in total. The molecule has 0 saturated carbocycles. The van der Waals surface area contributed by atoms with Crippen LogP contribution in [0.5, 0.6) is 0 Å². The predicted octanol–water partition coefficient (Wildman–Crippen LogP) is 19.3. The first kappa shape index (κ1) is 53.8. The van der Waals surface area contributed by atoms with Gasteiger partial charge in [-0.3, -0.25) is 0 Å². The van der Waals surface area contributed by atoms with E-state index in [1.54, 1.807) is 0 Å². The Morgan fingerprint density at radius 3 is 0.686 bits per heavy atom. The second-order valence-electron chi connectivity index (χ2n) is 14.6. The van der Waals surface area contributed by atoms with Gasteiger partial charge in [0, 0.05) is 0 Å². The Balaban J connectivity index is -0.000000678. The molecule has 0 amide bonds. The summed E-state index contributed by atoms with van der Waals surface area (Å²) in [6.45, 7) is 13.5. The molecule has 300 valence electrons. The summed E-state index contributed by atoms with van der Waals surface area (Å²) >= 11 is 0. The first-order valence-corrected chi connectivity index (χ1v) is 23.1. The van der Waals surface area contributed by atoms with Gasteiger partial charge in [0.25, 0.3) is 0 Å². The van der Waals surface area contributed by atoms with Gasteiger partial charge in [-0.2, -0.15) is 0 Å². The lowest BCUT2D eigenvalue weighted by atomic mass is 10.1. The van der Waals surface area contributed by atoms with Gasteiger partial charge in [0.05, 0.1) is 0 Å². The minimum atomic E-state index is 1.08. The van der Waals surface area contributed by atoms with E-state index >= 15 is 0 Å². The molecule has 0 rings (SSSR count). The molecule has 0 heterocycles. The van der Waals surface area contributed by atoms with E-state index in [1.807, 2.05) is 0 Å². The average Bonchev–Trinajstić information content (AvgIpc) is 3.15. The van der Waals surface area contributed by atoms with E-state index in [2.05, 4.69) is 114 Å². The normalized spacial score (nSPS) is 11.9. The van der Waals surface area contributed by atoms with Crippen molar-refractivity contribution in [3.05, 3.63) is 72.9 Å². The molecular formula is C51H96. The molecule has 0 radical (unpaired) electrons. The number of hydrogen-bond acceptors (Lipinski definition) is 0. The Labute approximate surface area is 325 Å². The van der Waals surface area contributed by atoms with Crippen LogP contribution in [0, 0.1) is 0 Å². The van der Waals surface area contributed by atoms with Crippen LogP contribution in [0.4, 0.5) is 0 Å². The maximum absolute atomic E-state index is 2.40. The van der Waals surface area contributed by atoms with E-state index in [-0.39, 0.29) is 0 Å². The van der Waals surface area contributed by atoms with Crippen molar-refractivity contribution in [2.24, 2.45) is 0 Å². The van der Waals surface area contributed by atoms with Gasteiger partial charge in [-0.05, 0) is 89.9 Å². The zero-order valence-electron chi connectivity index (χ0n) is 36.3. The zero-order valence-corrected chi connectivity index (χ0v) is 36.3. The molecule has 0 spiro atoms. The summed E-state index contributed by atoms with van der Waals surface area (Å²) in [6, 6.07) is 0. The molecule has 0 heteroatoms. The number of hydrogen-bond donors (Lipinski definition) is 0. The highest BCUT2D eigenvalue weighted by Gasteiger charge is 1.90. The molecule has 0 aromatic heterocycles. The van der Waals surface area contributed by atoms with Gasteiger partial charge < -0.3 is 0 Å². The molecule has 0 atom stereocenters. The van der Waals surface area contributed by atoms with Gasteiger partial charge in [0.15, 0.2) is 0 Å². The largest absolute Gasteiger partial charge is 0.0885 e. The molecular weight excluding hydrogens is 613 g/mol. The SMILES string of the molecule is CC/C=C/C/C=C/C/C=C/CCCCCCC.CCCCC/C=C/C/C=C/CCCCCCC.CCCCCCC/C=C/CCCCCCCC. The Morgan fingerprint density at radius 1 is 0.196 bits per heavy atom. The van der Waals surface area contributed by atoms with E-state index in [4.69, 9.17) is 0 Å². The summed E-state index contributed by atoms with van der Waals surface area (Å²) in [5.41, 5.74) is 0. The molecule has 0 aromatic rings. The van der Waals surface area contributed by atoms with Gasteiger partial charge in [0.2, 0.25) is 0 Å². The maximum Gasteiger partial charge on any atom is -0.0169 e. The highest BCUT2D eigenvalue weighted by atomic mass is 14.0. The fourth-order valence-electron chi connectivity index (χ4n) is 5.72. The first-order valence-electron chi connectivity index (χ1n) is 23.1. The van der Waals surface area contributed by atoms with Gasteiger partial charge in [-0.15, -0.1) is 0 Å². The highest BCUT2D eigenvalue weighted by Crippen LogP contribution is 2.10. The van der Waals surface area contributed by atoms with Crippen molar-refractivity contribution in [3.63, 3.8) is 0 Å². The standard InChI is InChI=1S/C17H34.C17H32.C17H30/c3*1-3-5-7-9-11-13-15-17-16-14-12-10-8-6-4-2/h15,17H,3-14,16H2,1-2H3;11,13,16-17H,3-10,12,14-15H2,1-2H3;5,7,11,13,16-17H,3-4,6,8-10,12,14-15H2,1-2H3/b17-15+;13-11+,17-16+;7-5+,13-11+,17-16+. The summed E-state index contributed by atoms with van der Waals surface area (Å²) in [7, 11) is 0. The summed E-state index contributed by atoms with van der Waals surface area (Å²) in [5, 5.41) is 0. The third-order valence-electron chi connectivity index (χ3n) is 9.17. The van der Waals surface area contributed by atoms with Gasteiger partial charge in [-0.1, -0.05) is 236 Å². The molecule has 0 N–H and O–H groups in total. The molecule has 0 saturated heterocycles. The third-order valence-corrected chi connectivity index (χ3v) is 9.17. The lowest BCUT2D eigenvalue weighted by molar-refractivity contribution is 0.610. The summed E-state index contributed by atoms with van der Waals surface area (Å²) < 4.78 is 0. The van der Waals surface area contributed by atoms with E-state index in [0.717, 1.165) is 25.7 Å². The predicted molar refractivity (Wildman–Crippen MR) is 241 cm³/mol. The monoisotopic (exact) mass is 709 g/mol. The lowest BCUT2D eigenvalue weighted by Gasteiger charge is -1.98. The minimum absolute atomic E-state index is 1.08. The van der Waals surface area contributed by atoms with Crippen molar-refractivity contribution < 1.29 is 0 Å². The molecule has 0 fully saturated rings. The Bertz CT molecular complexity index is 729. The van der Waals surface area contributed by atoms with Crippen molar-refractivity contribution in [2.75, 3.05) is 0 Å². The Kier molecular flexibility index (Phi) is 60.9. The van der Waals surface area contributed by atoms with E-state index in [0.29, 0.717) is 0 Å². The van der Waals surface area contributed by atoms with Crippen LogP contribution >= 0.6 is 0 Å². The quantitative estimate of drug-likeness (QED) is 0.0449. The average molecular weight is 709 g/mol. The van der Waals surface area contributed by atoms with Crippen molar-refractivity contribution in [1.82, 2.24) is 0 Å². The summed E-state index contributed by atoms with van der Waals surface area (Å²) in [4.78, 5) is 0. The summed E-state index contributed by atoms with van der Waals surface area (Å²) in [6.07, 6.45) is 72.0. The zero-order chi connectivity index (χ0) is 37.8. The van der Waals surface area contributed by atoms with Crippen molar-refractivity contribution in [2.45, 2.75) is 253 Å². The number of unbranched alkanes of at least 4 members (excludes halogenated alkanes) is 24. The molecule has 0 aliphatic rings. The van der Waals surface area contributed by atoms with Crippen LogP contribution in [-0.4, -0.2) is 0 Å². The minimum Gasteiger partial charge on any atom is -0.0885 e. The maximum atomic E-state index is 2.40. The van der Waals surface area contributed by atoms with Gasteiger partial charge in [0.1, 0.15) is 0 Å². The highest BCUT2D eigenvalue weighted by molar-refractivity contribution is 4.97. The number of rotatable bonds is 36. The second-order valence-corrected chi connectivity index (χ2v) is 14.6. The topological polar surface area (TPSA) is 0 Å². The fraction of sp³-hybridized carbons (Fsp3) is 0.765. The van der Waals surface area contributed by atoms with Crippen LogP contribution in [0.2, 0.25) is 0 Å². The Hall–Kier alpha value is -1.56. The fourth-order valence-corrected chi connectivity index (χ4v) is 5.72. The molecule has 51 heavy (non-hydrogen) atoms. The Morgan fingerprint density at radius 2 is 0.392 bits per heavy atom. The molecule has 0 aromatic carbocycles. The van der Waals surface area contributed by atoms with Crippen LogP contribution in [-0.2, 0) is 0 Å². The van der Waals surface area contributed by atoms with Crippen LogP contribution in [0.3, 0.4) is 0 Å². The third kappa shape index (κ3) is 63.9. The van der Waals surface area contributed by atoms with Crippen molar-refractivity contribution in [3.8, 4) is 0 Å². The van der Waals surface area contributed by atoms with Gasteiger partial charge in [-0.25, -0.2) is 0 Å². The van der Waals surface area contributed by atoms with E-state index in [1.165, 1.54) is 186 Å². The number of allylic oxidation sites excluding steroid dienone is 12. The van der Waals surface area contributed by atoms with Gasteiger partial charge >= 0.3 is 0 Å². The smallest absolute Gasteiger partial charge is 0.0169 e. The second kappa shape index (κ2) is 57.8. The summed E-state index contributed by atoms with van der Waals surface area (Å²) in [5.74, 6) is 0. The van der Waals surface area contributed by atoms with Crippen LogP contribution in [0.15, 0.2) is 72.9 Å². The first-order chi connectivity index (χ1) is 25.2. The molecule has 0 aliphatic carbocycles. The van der Waals surface area contributed by atoms with E-state index < -0.39 is 0 Å². The van der Waals surface area contributed by atoms with Crippen LogP contribution < -0.4 is 0 Å². The lowest BCUT2D eigenvalue weighted by Crippen LogP contribution is -1.78. The van der Waals surface area contributed by atoms with E-state index in [9.17, 15) is 0 Å². The molecule has 0 bridgehead atoms.